The van der Waals surface area contributed by atoms with Crippen LogP contribution in [0.2, 0.25) is 0 Å². The number of phosphoric ester groups is 1. The third kappa shape index (κ3) is 12.0. The molecule has 0 bridgehead atoms. The van der Waals surface area contributed by atoms with Crippen LogP contribution < -0.4 is 5.32 Å². The number of nitrogens with one attached hydrogen (secondary N) is 1. The molecule has 1 unspecified atom stereocenters. The van der Waals surface area contributed by atoms with Gasteiger partial charge in [-0.15, -0.1) is 0 Å². The van der Waals surface area contributed by atoms with Crippen molar-refractivity contribution in [1.82, 2.24) is 5.32 Å². The second-order valence-corrected chi connectivity index (χ2v) is 11.4. The van der Waals surface area contributed by atoms with Crippen molar-refractivity contribution in [1.29, 1.82) is 0 Å². The van der Waals surface area contributed by atoms with Crippen LogP contribution >= 0.6 is 7.82 Å². The van der Waals surface area contributed by atoms with Gasteiger partial charge in [-0.3, -0.25) is 13.8 Å². The second kappa shape index (κ2) is 8.70. The van der Waals surface area contributed by atoms with E-state index in [2.05, 4.69) is 9.84 Å². The highest BCUT2D eigenvalue weighted by atomic mass is 31.2. The number of rotatable bonds is 11. The molecule has 0 fully saturated rings. The van der Waals surface area contributed by atoms with Gasteiger partial charge in [-0.1, -0.05) is 27.7 Å². The normalized spacial score (nSPS) is 16.3. The molecule has 8 heteroatoms. The van der Waals surface area contributed by atoms with Gasteiger partial charge in [0.25, 0.3) is 0 Å². The SMILES string of the molecule is COP(=O)(O)OC(C)(C)CC(C)(C)CNC(=O)CC(C)(C)CC(C)(C)O. The predicted octanol–water partition coefficient (Wildman–Crippen LogP) is 3.64. The monoisotopic (exact) mass is 395 g/mol. The quantitative estimate of drug-likeness (QED) is 0.461. The zero-order valence-corrected chi connectivity index (χ0v) is 18.7. The molecule has 0 aromatic carbocycles. The van der Waals surface area contributed by atoms with Crippen molar-refractivity contribution >= 4 is 13.7 Å². The Morgan fingerprint density at radius 3 is 1.92 bits per heavy atom. The van der Waals surface area contributed by atoms with Crippen molar-refractivity contribution in [3.8, 4) is 0 Å². The van der Waals surface area contributed by atoms with E-state index < -0.39 is 19.0 Å². The smallest absolute Gasteiger partial charge is 0.390 e. The molecule has 156 valence electrons. The van der Waals surface area contributed by atoms with Crippen molar-refractivity contribution in [2.24, 2.45) is 10.8 Å². The van der Waals surface area contributed by atoms with Gasteiger partial charge in [-0.25, -0.2) is 4.57 Å². The Hall–Kier alpha value is -0.460. The number of phosphoric acid groups is 1. The van der Waals surface area contributed by atoms with E-state index in [1.807, 2.05) is 27.7 Å². The fourth-order valence-electron chi connectivity index (χ4n) is 3.67. The van der Waals surface area contributed by atoms with E-state index in [9.17, 15) is 19.4 Å². The summed E-state index contributed by atoms with van der Waals surface area (Å²) in [6, 6.07) is 0. The molecule has 0 saturated carbocycles. The lowest BCUT2D eigenvalue weighted by molar-refractivity contribution is -0.124. The Balaban J connectivity index is 4.68. The van der Waals surface area contributed by atoms with E-state index in [1.165, 1.54) is 0 Å². The molecule has 0 spiro atoms. The summed E-state index contributed by atoms with van der Waals surface area (Å²) in [7, 11) is -2.96. The summed E-state index contributed by atoms with van der Waals surface area (Å²) in [6.45, 7) is 15.1. The van der Waals surface area contributed by atoms with E-state index in [-0.39, 0.29) is 16.7 Å². The first-order valence-electron chi connectivity index (χ1n) is 8.87. The van der Waals surface area contributed by atoms with Gasteiger partial charge in [0.1, 0.15) is 0 Å². The number of hydrogen-bond donors (Lipinski definition) is 3. The van der Waals surface area contributed by atoms with Gasteiger partial charge in [0.05, 0.1) is 11.2 Å². The summed E-state index contributed by atoms with van der Waals surface area (Å²) < 4.78 is 21.3. The summed E-state index contributed by atoms with van der Waals surface area (Å²) >= 11 is 0. The van der Waals surface area contributed by atoms with E-state index in [1.54, 1.807) is 27.7 Å². The molecule has 0 aliphatic carbocycles. The third-order valence-electron chi connectivity index (χ3n) is 3.81. The summed E-state index contributed by atoms with van der Waals surface area (Å²) in [5, 5.41) is 12.9. The van der Waals surface area contributed by atoms with Gasteiger partial charge >= 0.3 is 7.82 Å². The van der Waals surface area contributed by atoms with Crippen molar-refractivity contribution in [3.05, 3.63) is 0 Å². The van der Waals surface area contributed by atoms with Crippen LogP contribution in [-0.4, -0.2) is 40.8 Å². The minimum absolute atomic E-state index is 0.0872. The molecule has 1 atom stereocenters. The molecule has 0 aliphatic heterocycles. The first-order chi connectivity index (χ1) is 11.3. The summed E-state index contributed by atoms with van der Waals surface area (Å²) in [4.78, 5) is 21.8. The summed E-state index contributed by atoms with van der Waals surface area (Å²) in [5.74, 6) is -0.0872. The molecular weight excluding hydrogens is 357 g/mol. The molecule has 7 nitrogen and oxygen atoms in total. The van der Waals surface area contributed by atoms with Crippen molar-refractivity contribution in [2.75, 3.05) is 13.7 Å². The molecule has 0 aliphatic rings. The van der Waals surface area contributed by atoms with Gasteiger partial charge in [0.15, 0.2) is 0 Å². The van der Waals surface area contributed by atoms with Crippen LogP contribution in [0.5, 0.6) is 0 Å². The molecule has 0 aromatic rings. The Labute approximate surface area is 158 Å². The zero-order chi connectivity index (χ0) is 21.0. The van der Waals surface area contributed by atoms with Crippen LogP contribution in [0.3, 0.4) is 0 Å². The second-order valence-electron chi connectivity index (χ2n) is 9.95. The Morgan fingerprint density at radius 2 is 1.50 bits per heavy atom. The largest absolute Gasteiger partial charge is 0.472 e. The lowest BCUT2D eigenvalue weighted by atomic mass is 9.78. The van der Waals surface area contributed by atoms with E-state index >= 15 is 0 Å². The van der Waals surface area contributed by atoms with Crippen molar-refractivity contribution < 1.29 is 28.4 Å². The minimum atomic E-state index is -4.08. The van der Waals surface area contributed by atoms with Crippen LogP contribution in [0, 0.1) is 10.8 Å². The number of carbonyl (C=O) groups excluding carboxylic acids is 1. The van der Waals surface area contributed by atoms with E-state index in [0.29, 0.717) is 25.8 Å². The molecule has 0 radical (unpaired) electrons. The fraction of sp³-hybridized carbons (Fsp3) is 0.944. The molecule has 0 rings (SSSR count). The first-order valence-corrected chi connectivity index (χ1v) is 10.4. The Kier molecular flexibility index (Phi) is 8.54. The molecule has 0 saturated heterocycles. The number of carbonyl (C=O) groups is 1. The third-order valence-corrected chi connectivity index (χ3v) is 5.00. The first kappa shape index (κ1) is 25.5. The average Bonchev–Trinajstić information content (AvgIpc) is 2.30. The van der Waals surface area contributed by atoms with Crippen LogP contribution in [0.15, 0.2) is 0 Å². The van der Waals surface area contributed by atoms with Gasteiger partial charge in [0.2, 0.25) is 5.91 Å². The van der Waals surface area contributed by atoms with Gasteiger partial charge in [0, 0.05) is 20.1 Å². The molecule has 3 N–H and O–H groups in total. The van der Waals surface area contributed by atoms with Crippen LogP contribution in [-0.2, 0) is 18.4 Å². The van der Waals surface area contributed by atoms with Gasteiger partial charge in [-0.2, -0.15) is 0 Å². The summed E-state index contributed by atoms with van der Waals surface area (Å²) in [6.07, 6.45) is 1.27. The van der Waals surface area contributed by atoms with Crippen molar-refractivity contribution in [2.45, 2.75) is 85.9 Å². The fourth-order valence-corrected chi connectivity index (χ4v) is 4.43. The zero-order valence-electron chi connectivity index (χ0n) is 17.8. The van der Waals surface area contributed by atoms with Crippen LogP contribution in [0.25, 0.3) is 0 Å². The van der Waals surface area contributed by atoms with E-state index in [0.717, 1.165) is 7.11 Å². The maximum Gasteiger partial charge on any atom is 0.472 e. The molecule has 0 aromatic heterocycles. The molecule has 1 amide bonds. The maximum absolute atomic E-state index is 12.3. The van der Waals surface area contributed by atoms with Crippen molar-refractivity contribution in [3.63, 3.8) is 0 Å². The Morgan fingerprint density at radius 1 is 1.00 bits per heavy atom. The number of amides is 1. The van der Waals surface area contributed by atoms with E-state index in [4.69, 9.17) is 4.52 Å². The predicted molar refractivity (Wildman–Crippen MR) is 103 cm³/mol. The van der Waals surface area contributed by atoms with Crippen LogP contribution in [0.1, 0.15) is 74.7 Å². The maximum atomic E-state index is 12.3. The topological polar surface area (TPSA) is 105 Å². The number of aliphatic hydroxyl groups is 1. The van der Waals surface area contributed by atoms with Crippen LogP contribution in [0.4, 0.5) is 0 Å². The highest BCUT2D eigenvalue weighted by Crippen LogP contribution is 2.48. The molecule has 0 heterocycles. The molecular formula is C18H38NO6P. The highest BCUT2D eigenvalue weighted by Gasteiger charge is 2.36. The van der Waals surface area contributed by atoms with Gasteiger partial charge < -0.3 is 15.3 Å². The van der Waals surface area contributed by atoms with Gasteiger partial charge in [-0.05, 0) is 51.4 Å². The minimum Gasteiger partial charge on any atom is -0.390 e. The lowest BCUT2D eigenvalue weighted by Gasteiger charge is -2.36. The summed E-state index contributed by atoms with van der Waals surface area (Å²) in [5.41, 5.74) is -2.40. The molecule has 26 heavy (non-hydrogen) atoms. The Bertz CT molecular complexity index is 522. The average molecular weight is 395 g/mol. The standard InChI is InChI=1S/C18H38NO6P/c1-15(2,11-17(5,6)21)10-14(20)19-13-16(3,4)12-18(7,8)25-26(22,23)24-9/h21H,10-13H2,1-9H3,(H,19,20)(H,22,23). The number of hydrogen-bond acceptors (Lipinski definition) is 5. The highest BCUT2D eigenvalue weighted by molar-refractivity contribution is 7.47. The lowest BCUT2D eigenvalue weighted by Crippen LogP contribution is -2.41.